The average molecular weight is 318 g/mol. The van der Waals surface area contributed by atoms with E-state index in [0.717, 1.165) is 0 Å². The van der Waals surface area contributed by atoms with Crippen LogP contribution in [0.3, 0.4) is 0 Å². The highest BCUT2D eigenvalue weighted by Crippen LogP contribution is 2.22. The maximum absolute atomic E-state index is 12.2. The lowest BCUT2D eigenvalue weighted by molar-refractivity contribution is 0.181. The summed E-state index contributed by atoms with van der Waals surface area (Å²) < 4.78 is 31.8. The zero-order valence-corrected chi connectivity index (χ0v) is 12.4. The lowest BCUT2D eigenvalue weighted by Gasteiger charge is -2.13. The molecule has 0 radical (unpaired) electrons. The quantitative estimate of drug-likeness (QED) is 0.939. The van der Waals surface area contributed by atoms with Crippen molar-refractivity contribution in [3.63, 3.8) is 0 Å². The molecule has 0 aliphatic carbocycles. The van der Waals surface area contributed by atoms with E-state index < -0.39 is 16.1 Å². The zero-order valence-electron chi connectivity index (χ0n) is 11.6. The molecule has 2 aromatic carbocycles. The molecule has 0 unspecified atom stereocenters. The van der Waals surface area contributed by atoms with Crippen molar-refractivity contribution in [1.29, 1.82) is 0 Å². The van der Waals surface area contributed by atoms with Crippen molar-refractivity contribution in [3.05, 3.63) is 54.6 Å². The number of hydrogen-bond donors (Lipinski definition) is 1. The summed E-state index contributed by atoms with van der Waals surface area (Å²) in [5.41, 5.74) is 1.10. The Labute approximate surface area is 128 Å². The minimum Gasteiger partial charge on any atom is -0.447 e. The number of amides is 1. The number of anilines is 2. The standard InChI is InChI=1S/C15H14N2O4S/c18-15-17(10-11-21-15)13-8-6-12(7-9-13)16-22(19,20)14-4-2-1-3-5-14/h1-9,16H,10-11H2. The van der Waals surface area contributed by atoms with Crippen molar-refractivity contribution >= 4 is 27.5 Å². The number of sulfonamides is 1. The second kappa shape index (κ2) is 5.69. The molecule has 2 aromatic rings. The van der Waals surface area contributed by atoms with Crippen LogP contribution in [0, 0.1) is 0 Å². The van der Waals surface area contributed by atoms with Crippen LogP contribution in [0.15, 0.2) is 59.5 Å². The minimum absolute atomic E-state index is 0.196. The summed E-state index contributed by atoms with van der Waals surface area (Å²) in [6, 6.07) is 14.7. The van der Waals surface area contributed by atoms with Gasteiger partial charge in [-0.3, -0.25) is 9.62 Å². The van der Waals surface area contributed by atoms with Crippen LogP contribution in [0.25, 0.3) is 0 Å². The third-order valence-electron chi connectivity index (χ3n) is 3.25. The van der Waals surface area contributed by atoms with E-state index in [9.17, 15) is 13.2 Å². The predicted octanol–water partition coefficient (Wildman–Crippen LogP) is 2.44. The number of cyclic esters (lactones) is 1. The van der Waals surface area contributed by atoms with Gasteiger partial charge in [-0.25, -0.2) is 13.2 Å². The Morgan fingerprint density at radius 3 is 2.27 bits per heavy atom. The molecular weight excluding hydrogens is 304 g/mol. The van der Waals surface area contributed by atoms with Crippen LogP contribution in [0.5, 0.6) is 0 Å². The molecule has 1 saturated heterocycles. The molecule has 114 valence electrons. The number of carbonyl (C=O) groups excluding carboxylic acids is 1. The Bertz CT molecular complexity index is 773. The molecule has 0 aromatic heterocycles. The largest absolute Gasteiger partial charge is 0.447 e. The van der Waals surface area contributed by atoms with Crippen molar-refractivity contribution in [1.82, 2.24) is 0 Å². The number of benzene rings is 2. The Hall–Kier alpha value is -2.54. The number of rotatable bonds is 4. The molecule has 6 nitrogen and oxygen atoms in total. The highest BCUT2D eigenvalue weighted by atomic mass is 32.2. The summed E-state index contributed by atoms with van der Waals surface area (Å²) in [5.74, 6) is 0. The van der Waals surface area contributed by atoms with Gasteiger partial charge in [0.1, 0.15) is 6.61 Å². The second-order valence-corrected chi connectivity index (χ2v) is 6.41. The first-order chi connectivity index (χ1) is 10.6. The van der Waals surface area contributed by atoms with Gasteiger partial charge in [-0.2, -0.15) is 0 Å². The zero-order chi connectivity index (χ0) is 15.6. The Kier molecular flexibility index (Phi) is 3.72. The van der Waals surface area contributed by atoms with Gasteiger partial charge in [0.15, 0.2) is 0 Å². The van der Waals surface area contributed by atoms with E-state index >= 15 is 0 Å². The molecule has 0 saturated carbocycles. The maximum atomic E-state index is 12.2. The lowest BCUT2D eigenvalue weighted by Crippen LogP contribution is -2.23. The third kappa shape index (κ3) is 2.89. The molecule has 0 bridgehead atoms. The SMILES string of the molecule is O=C1OCCN1c1ccc(NS(=O)(=O)c2ccccc2)cc1. The van der Waals surface area contributed by atoms with Crippen LogP contribution >= 0.6 is 0 Å². The van der Waals surface area contributed by atoms with Gasteiger partial charge in [0.2, 0.25) is 0 Å². The molecule has 1 N–H and O–H groups in total. The van der Waals surface area contributed by atoms with Crippen LogP contribution in [0.4, 0.5) is 16.2 Å². The van der Waals surface area contributed by atoms with Gasteiger partial charge >= 0.3 is 6.09 Å². The first-order valence-electron chi connectivity index (χ1n) is 6.68. The monoisotopic (exact) mass is 318 g/mol. The first kappa shape index (κ1) is 14.4. The molecule has 1 fully saturated rings. The number of carbonyl (C=O) groups is 1. The van der Waals surface area contributed by atoms with Crippen LogP contribution in [-0.4, -0.2) is 27.7 Å². The molecule has 7 heteroatoms. The molecule has 3 rings (SSSR count). The second-order valence-electron chi connectivity index (χ2n) is 4.73. The van der Waals surface area contributed by atoms with Crippen LogP contribution < -0.4 is 9.62 Å². The molecule has 1 heterocycles. The molecular formula is C15H14N2O4S. The highest BCUT2D eigenvalue weighted by Gasteiger charge is 2.23. The van der Waals surface area contributed by atoms with E-state index in [1.807, 2.05) is 0 Å². The summed E-state index contributed by atoms with van der Waals surface area (Å²) in [6.45, 7) is 0.856. The normalized spacial score (nSPS) is 14.7. The summed E-state index contributed by atoms with van der Waals surface area (Å²) in [4.78, 5) is 13.2. The lowest BCUT2D eigenvalue weighted by atomic mass is 10.2. The van der Waals surface area contributed by atoms with Gasteiger partial charge in [0.25, 0.3) is 10.0 Å². The minimum atomic E-state index is -3.61. The van der Waals surface area contributed by atoms with Crippen molar-refractivity contribution < 1.29 is 17.9 Å². The first-order valence-corrected chi connectivity index (χ1v) is 8.17. The summed E-state index contributed by atoms with van der Waals surface area (Å²) in [6.07, 6.45) is -0.391. The van der Waals surface area contributed by atoms with Gasteiger partial charge in [0.05, 0.1) is 11.4 Å². The number of nitrogens with one attached hydrogen (secondary N) is 1. The van der Waals surface area contributed by atoms with Crippen molar-refractivity contribution in [2.45, 2.75) is 4.90 Å². The molecule has 22 heavy (non-hydrogen) atoms. The van der Waals surface area contributed by atoms with Crippen molar-refractivity contribution in [2.75, 3.05) is 22.8 Å². The Morgan fingerprint density at radius 2 is 1.68 bits per heavy atom. The summed E-state index contributed by atoms with van der Waals surface area (Å²) >= 11 is 0. The summed E-state index contributed by atoms with van der Waals surface area (Å²) in [7, 11) is -3.61. The van der Waals surface area contributed by atoms with Gasteiger partial charge in [0, 0.05) is 11.4 Å². The van der Waals surface area contributed by atoms with Gasteiger partial charge < -0.3 is 4.74 Å². The molecule has 1 aliphatic heterocycles. The number of nitrogens with zero attached hydrogens (tertiary/aromatic N) is 1. The van der Waals surface area contributed by atoms with E-state index in [4.69, 9.17) is 4.74 Å². The van der Waals surface area contributed by atoms with Crippen molar-refractivity contribution in [2.24, 2.45) is 0 Å². The maximum Gasteiger partial charge on any atom is 0.414 e. The van der Waals surface area contributed by atoms with Crippen LogP contribution in [-0.2, 0) is 14.8 Å². The fourth-order valence-corrected chi connectivity index (χ4v) is 3.23. The summed E-state index contributed by atoms with van der Waals surface area (Å²) in [5, 5.41) is 0. The van der Waals surface area contributed by atoms with E-state index in [-0.39, 0.29) is 4.90 Å². The fourth-order valence-electron chi connectivity index (χ4n) is 2.15. The average Bonchev–Trinajstić information content (AvgIpc) is 2.95. The van der Waals surface area contributed by atoms with E-state index in [0.29, 0.717) is 24.5 Å². The Balaban J connectivity index is 1.78. The predicted molar refractivity (Wildman–Crippen MR) is 82.4 cm³/mol. The van der Waals surface area contributed by atoms with Crippen molar-refractivity contribution in [3.8, 4) is 0 Å². The number of ether oxygens (including phenoxy) is 1. The van der Waals surface area contributed by atoms with E-state index in [1.54, 1.807) is 42.5 Å². The van der Waals surface area contributed by atoms with Gasteiger partial charge in [-0.1, -0.05) is 18.2 Å². The molecule has 1 aliphatic rings. The van der Waals surface area contributed by atoms with E-state index in [2.05, 4.69) is 4.72 Å². The van der Waals surface area contributed by atoms with Crippen LogP contribution in [0.2, 0.25) is 0 Å². The topological polar surface area (TPSA) is 75.7 Å². The molecule has 0 spiro atoms. The van der Waals surface area contributed by atoms with Gasteiger partial charge in [-0.05, 0) is 36.4 Å². The molecule has 1 amide bonds. The molecule has 0 atom stereocenters. The van der Waals surface area contributed by atoms with E-state index in [1.165, 1.54) is 17.0 Å². The third-order valence-corrected chi connectivity index (χ3v) is 4.64. The Morgan fingerprint density at radius 1 is 1.00 bits per heavy atom. The highest BCUT2D eigenvalue weighted by molar-refractivity contribution is 7.92. The van der Waals surface area contributed by atoms with Crippen LogP contribution in [0.1, 0.15) is 0 Å². The smallest absolute Gasteiger partial charge is 0.414 e. The van der Waals surface area contributed by atoms with Gasteiger partial charge in [-0.15, -0.1) is 0 Å². The number of hydrogen-bond acceptors (Lipinski definition) is 4. The fraction of sp³-hybridized carbons (Fsp3) is 0.133.